The highest BCUT2D eigenvalue weighted by molar-refractivity contribution is 9.10. The molecule has 0 aliphatic carbocycles. The number of benzene rings is 2. The van der Waals surface area contributed by atoms with Gasteiger partial charge in [0.1, 0.15) is 21.8 Å². The molecule has 0 fully saturated rings. The number of hydrogen-bond acceptors (Lipinski definition) is 4. The summed E-state index contributed by atoms with van der Waals surface area (Å²) in [5, 5.41) is 20.0. The molecule has 104 valence electrons. The molecular weight excluding hydrogens is 333 g/mol. The van der Waals surface area contributed by atoms with Gasteiger partial charge in [0.05, 0.1) is 17.1 Å². The van der Waals surface area contributed by atoms with Crippen LogP contribution in [-0.2, 0) is 6.61 Å². The summed E-state index contributed by atoms with van der Waals surface area (Å²) in [4.78, 5) is 10.3. The largest absolute Gasteiger partial charge is 0.455 e. The Labute approximate surface area is 121 Å². The third-order valence-electron chi connectivity index (χ3n) is 2.59. The number of hydrogen-bond donors (Lipinski definition) is 1. The third-order valence-corrected chi connectivity index (χ3v) is 3.39. The summed E-state index contributed by atoms with van der Waals surface area (Å²) in [5.74, 6) is -0.334. The molecule has 0 aliphatic rings. The van der Waals surface area contributed by atoms with Gasteiger partial charge in [-0.3, -0.25) is 10.1 Å². The summed E-state index contributed by atoms with van der Waals surface area (Å²) in [6.07, 6.45) is 0. The van der Waals surface area contributed by atoms with Crippen molar-refractivity contribution < 1.29 is 19.2 Å². The summed E-state index contributed by atoms with van der Waals surface area (Å²) in [6, 6.07) is 8.37. The van der Waals surface area contributed by atoms with E-state index >= 15 is 0 Å². The fraction of sp³-hybridized carbons (Fsp3) is 0.0769. The van der Waals surface area contributed by atoms with Crippen molar-refractivity contribution in [1.82, 2.24) is 0 Å². The number of aliphatic hydroxyl groups is 1. The Hall–Kier alpha value is -1.99. The van der Waals surface area contributed by atoms with E-state index in [1.165, 1.54) is 36.4 Å². The number of nitrogens with zero attached hydrogens (tertiary/aromatic N) is 1. The number of nitro benzene ring substituents is 1. The minimum absolute atomic E-state index is 0.00842. The van der Waals surface area contributed by atoms with Crippen LogP contribution in [0.5, 0.6) is 11.5 Å². The Morgan fingerprint density at radius 1 is 1.25 bits per heavy atom. The van der Waals surface area contributed by atoms with Gasteiger partial charge in [-0.1, -0.05) is 12.1 Å². The second-order valence-corrected chi connectivity index (χ2v) is 4.62. The van der Waals surface area contributed by atoms with Crippen LogP contribution < -0.4 is 4.74 Å². The molecule has 0 aromatic heterocycles. The highest BCUT2D eigenvalue weighted by Crippen LogP contribution is 2.37. The molecule has 0 radical (unpaired) electrons. The zero-order valence-corrected chi connectivity index (χ0v) is 11.6. The molecule has 20 heavy (non-hydrogen) atoms. The first-order valence-corrected chi connectivity index (χ1v) is 6.33. The van der Waals surface area contributed by atoms with Gasteiger partial charge in [-0.2, -0.15) is 0 Å². The predicted octanol–water partition coefficient (Wildman–Crippen LogP) is 3.78. The molecule has 2 aromatic rings. The molecule has 1 N–H and O–H groups in total. The molecule has 0 heterocycles. The van der Waals surface area contributed by atoms with E-state index < -0.39 is 17.3 Å². The lowest BCUT2D eigenvalue weighted by molar-refractivity contribution is -0.385. The van der Waals surface area contributed by atoms with Crippen molar-refractivity contribution in [2.45, 2.75) is 6.61 Å². The first kappa shape index (κ1) is 14.4. The number of nitro groups is 1. The van der Waals surface area contributed by atoms with E-state index in [4.69, 9.17) is 9.84 Å². The highest BCUT2D eigenvalue weighted by Gasteiger charge is 2.18. The molecule has 0 aliphatic heterocycles. The van der Waals surface area contributed by atoms with E-state index in [1.807, 2.05) is 0 Å². The SMILES string of the molecule is O=[N+]([O-])c1cccc(Oc2cccc(F)c2CO)c1Br. The monoisotopic (exact) mass is 341 g/mol. The van der Waals surface area contributed by atoms with Crippen molar-refractivity contribution in [2.24, 2.45) is 0 Å². The summed E-state index contributed by atoms with van der Waals surface area (Å²) in [5.41, 5.74) is -0.171. The summed E-state index contributed by atoms with van der Waals surface area (Å²) in [6.45, 7) is -0.533. The lowest BCUT2D eigenvalue weighted by atomic mass is 10.2. The first-order valence-electron chi connectivity index (χ1n) is 5.53. The summed E-state index contributed by atoms with van der Waals surface area (Å²) in [7, 11) is 0. The van der Waals surface area contributed by atoms with Crippen LogP contribution in [-0.4, -0.2) is 10.0 Å². The molecule has 5 nitrogen and oxygen atoms in total. The molecule has 7 heteroatoms. The molecule has 0 spiro atoms. The van der Waals surface area contributed by atoms with Gasteiger partial charge in [0.2, 0.25) is 0 Å². The Balaban J connectivity index is 2.43. The summed E-state index contributed by atoms with van der Waals surface area (Å²) >= 11 is 3.08. The average Bonchev–Trinajstić information content (AvgIpc) is 2.41. The quantitative estimate of drug-likeness (QED) is 0.678. The second-order valence-electron chi connectivity index (χ2n) is 3.82. The number of aliphatic hydroxyl groups excluding tert-OH is 1. The third kappa shape index (κ3) is 2.78. The van der Waals surface area contributed by atoms with E-state index in [0.717, 1.165) is 0 Å². The van der Waals surface area contributed by atoms with E-state index in [1.54, 1.807) is 0 Å². The van der Waals surface area contributed by atoms with Gasteiger partial charge < -0.3 is 9.84 Å². The molecule has 0 saturated heterocycles. The van der Waals surface area contributed by atoms with Crippen molar-refractivity contribution in [3.05, 3.63) is 62.4 Å². The van der Waals surface area contributed by atoms with Crippen LogP contribution in [0.4, 0.5) is 10.1 Å². The van der Waals surface area contributed by atoms with E-state index in [0.29, 0.717) is 0 Å². The lowest BCUT2D eigenvalue weighted by Gasteiger charge is -2.11. The molecule has 0 unspecified atom stereocenters. The zero-order chi connectivity index (χ0) is 14.7. The maximum atomic E-state index is 13.5. The topological polar surface area (TPSA) is 72.6 Å². The van der Waals surface area contributed by atoms with Crippen molar-refractivity contribution >= 4 is 21.6 Å². The van der Waals surface area contributed by atoms with E-state index in [2.05, 4.69) is 15.9 Å². The van der Waals surface area contributed by atoms with Crippen molar-refractivity contribution in [1.29, 1.82) is 0 Å². The number of ether oxygens (including phenoxy) is 1. The van der Waals surface area contributed by atoms with Crippen molar-refractivity contribution in [2.75, 3.05) is 0 Å². The second kappa shape index (κ2) is 5.98. The maximum Gasteiger partial charge on any atom is 0.287 e. The van der Waals surface area contributed by atoms with Gasteiger partial charge in [0.15, 0.2) is 0 Å². The summed E-state index contributed by atoms with van der Waals surface area (Å²) < 4.78 is 19.1. The van der Waals surface area contributed by atoms with Gasteiger partial charge in [-0.15, -0.1) is 0 Å². The van der Waals surface area contributed by atoms with Gasteiger partial charge in [0, 0.05) is 6.07 Å². The smallest absolute Gasteiger partial charge is 0.287 e. The van der Waals surface area contributed by atoms with Crippen molar-refractivity contribution in [3.8, 4) is 11.5 Å². The van der Waals surface area contributed by atoms with Crippen LogP contribution in [0.1, 0.15) is 5.56 Å². The lowest BCUT2D eigenvalue weighted by Crippen LogP contribution is -1.97. The molecule has 2 aromatic carbocycles. The number of rotatable bonds is 4. The Morgan fingerprint density at radius 2 is 1.90 bits per heavy atom. The standard InChI is InChI=1S/C13H9BrFNO4/c14-13-10(16(18)19)4-2-6-12(13)20-11-5-1-3-9(15)8(11)7-17/h1-6,17H,7H2. The van der Waals surface area contributed by atoms with Crippen molar-refractivity contribution in [3.63, 3.8) is 0 Å². The Morgan fingerprint density at radius 3 is 2.55 bits per heavy atom. The first-order chi connectivity index (χ1) is 9.54. The molecule has 0 atom stereocenters. The minimum atomic E-state index is -0.605. The van der Waals surface area contributed by atoms with Crippen LogP contribution in [0.15, 0.2) is 40.9 Å². The van der Waals surface area contributed by atoms with Crippen LogP contribution in [0.3, 0.4) is 0 Å². The molecular formula is C13H9BrFNO4. The van der Waals surface area contributed by atoms with Crippen LogP contribution in [0, 0.1) is 15.9 Å². The van der Waals surface area contributed by atoms with Gasteiger partial charge >= 0.3 is 0 Å². The van der Waals surface area contributed by atoms with Gasteiger partial charge in [0.25, 0.3) is 5.69 Å². The van der Waals surface area contributed by atoms with Crippen LogP contribution in [0.25, 0.3) is 0 Å². The van der Waals surface area contributed by atoms with E-state index in [-0.39, 0.29) is 27.2 Å². The maximum absolute atomic E-state index is 13.5. The van der Waals surface area contributed by atoms with Crippen LogP contribution in [0.2, 0.25) is 0 Å². The zero-order valence-electron chi connectivity index (χ0n) is 10.0. The van der Waals surface area contributed by atoms with Crippen LogP contribution >= 0.6 is 15.9 Å². The highest BCUT2D eigenvalue weighted by atomic mass is 79.9. The molecule has 0 bridgehead atoms. The minimum Gasteiger partial charge on any atom is -0.455 e. The normalized spacial score (nSPS) is 10.3. The van der Waals surface area contributed by atoms with Gasteiger partial charge in [-0.25, -0.2) is 4.39 Å². The molecule has 0 saturated carbocycles. The number of halogens is 2. The fourth-order valence-electron chi connectivity index (χ4n) is 1.63. The fourth-order valence-corrected chi connectivity index (χ4v) is 2.12. The Kier molecular flexibility index (Phi) is 4.31. The average molecular weight is 342 g/mol. The van der Waals surface area contributed by atoms with Gasteiger partial charge in [-0.05, 0) is 34.1 Å². The molecule has 0 amide bonds. The van der Waals surface area contributed by atoms with E-state index in [9.17, 15) is 14.5 Å². The Bertz CT molecular complexity index is 663. The molecule has 2 rings (SSSR count). The predicted molar refractivity (Wildman–Crippen MR) is 73.2 cm³/mol.